The second-order valence-electron chi connectivity index (χ2n) is 3.78. The Hall–Kier alpha value is -1.47. The third-order valence-electron chi connectivity index (χ3n) is 2.13. The molecule has 18 heavy (non-hydrogen) atoms. The van der Waals surface area contributed by atoms with Gasteiger partial charge in [-0.2, -0.15) is 0 Å². The molecule has 0 unspecified atom stereocenters. The Morgan fingerprint density at radius 1 is 1.33 bits per heavy atom. The lowest BCUT2D eigenvalue weighted by Gasteiger charge is -2.11. The Kier molecular flexibility index (Phi) is 5.24. The standard InChI is InChI=1S/C11H19N3O3S/c1-3-17-11-8-9(4-5-10(11)12)13-6-7-14-18(2,15)16/h4-5,8,13-14H,3,6-7,12H2,1-2H3. The average Bonchev–Trinajstić information content (AvgIpc) is 2.28. The molecule has 1 rings (SSSR count). The molecule has 0 aliphatic heterocycles. The zero-order valence-electron chi connectivity index (χ0n) is 10.6. The van der Waals surface area contributed by atoms with E-state index >= 15 is 0 Å². The molecular formula is C11H19N3O3S. The largest absolute Gasteiger partial charge is 0.492 e. The molecule has 0 atom stereocenters. The van der Waals surface area contributed by atoms with Gasteiger partial charge >= 0.3 is 0 Å². The van der Waals surface area contributed by atoms with Crippen LogP contribution >= 0.6 is 0 Å². The zero-order chi connectivity index (χ0) is 13.6. The molecule has 0 heterocycles. The first kappa shape index (κ1) is 14.6. The number of sulfonamides is 1. The normalized spacial score (nSPS) is 11.2. The van der Waals surface area contributed by atoms with Crippen molar-refractivity contribution < 1.29 is 13.2 Å². The van der Waals surface area contributed by atoms with Gasteiger partial charge in [-0.3, -0.25) is 0 Å². The Labute approximate surface area is 108 Å². The molecule has 1 aromatic carbocycles. The van der Waals surface area contributed by atoms with Crippen molar-refractivity contribution in [2.75, 3.05) is 37.0 Å². The fourth-order valence-electron chi connectivity index (χ4n) is 1.37. The van der Waals surface area contributed by atoms with Crippen LogP contribution in [0.5, 0.6) is 5.75 Å². The topological polar surface area (TPSA) is 93.5 Å². The minimum absolute atomic E-state index is 0.327. The highest BCUT2D eigenvalue weighted by molar-refractivity contribution is 7.88. The Morgan fingerprint density at radius 2 is 2.06 bits per heavy atom. The molecular weight excluding hydrogens is 254 g/mol. The first-order chi connectivity index (χ1) is 8.42. The molecule has 0 radical (unpaired) electrons. The number of hydrogen-bond donors (Lipinski definition) is 3. The van der Waals surface area contributed by atoms with Crippen molar-refractivity contribution in [3.8, 4) is 5.75 Å². The van der Waals surface area contributed by atoms with E-state index in [0.29, 0.717) is 31.1 Å². The number of nitrogen functional groups attached to an aromatic ring is 1. The number of anilines is 2. The maximum Gasteiger partial charge on any atom is 0.208 e. The van der Waals surface area contributed by atoms with Crippen LogP contribution in [0.1, 0.15) is 6.92 Å². The molecule has 0 aromatic heterocycles. The summed E-state index contributed by atoms with van der Waals surface area (Å²) in [4.78, 5) is 0. The van der Waals surface area contributed by atoms with Crippen LogP contribution in [0.25, 0.3) is 0 Å². The fraction of sp³-hybridized carbons (Fsp3) is 0.455. The van der Waals surface area contributed by atoms with Crippen molar-refractivity contribution in [2.45, 2.75) is 6.92 Å². The summed E-state index contributed by atoms with van der Waals surface area (Å²) in [5.41, 5.74) is 7.16. The predicted octanol–water partition coefficient (Wildman–Crippen LogP) is 0.629. The molecule has 4 N–H and O–H groups in total. The maximum absolute atomic E-state index is 10.9. The highest BCUT2D eigenvalue weighted by Gasteiger charge is 2.02. The van der Waals surface area contributed by atoms with Gasteiger partial charge in [0, 0.05) is 24.8 Å². The summed E-state index contributed by atoms with van der Waals surface area (Å²) in [5.74, 6) is 0.624. The highest BCUT2D eigenvalue weighted by Crippen LogP contribution is 2.25. The van der Waals surface area contributed by atoms with Crippen LogP contribution in [0.3, 0.4) is 0 Å². The summed E-state index contributed by atoms with van der Waals surface area (Å²) in [7, 11) is -3.14. The average molecular weight is 273 g/mol. The van der Waals surface area contributed by atoms with Crippen molar-refractivity contribution in [3.63, 3.8) is 0 Å². The van der Waals surface area contributed by atoms with Crippen LogP contribution in [-0.2, 0) is 10.0 Å². The number of nitrogens with one attached hydrogen (secondary N) is 2. The number of rotatable bonds is 7. The van der Waals surface area contributed by atoms with Gasteiger partial charge in [0.05, 0.1) is 18.6 Å². The van der Waals surface area contributed by atoms with Gasteiger partial charge in [-0.15, -0.1) is 0 Å². The first-order valence-corrected chi connectivity index (χ1v) is 7.52. The molecule has 0 saturated heterocycles. The molecule has 102 valence electrons. The molecule has 6 nitrogen and oxygen atoms in total. The van der Waals surface area contributed by atoms with E-state index in [-0.39, 0.29) is 0 Å². The van der Waals surface area contributed by atoms with Crippen molar-refractivity contribution in [2.24, 2.45) is 0 Å². The molecule has 0 bridgehead atoms. The SMILES string of the molecule is CCOc1cc(NCCNS(C)(=O)=O)ccc1N. The van der Waals surface area contributed by atoms with E-state index in [1.807, 2.05) is 13.0 Å². The van der Waals surface area contributed by atoms with Gasteiger partial charge in [-0.25, -0.2) is 13.1 Å². The van der Waals surface area contributed by atoms with Crippen molar-refractivity contribution in [3.05, 3.63) is 18.2 Å². The molecule has 0 spiro atoms. The summed E-state index contributed by atoms with van der Waals surface area (Å²) < 4.78 is 29.5. The van der Waals surface area contributed by atoms with E-state index in [2.05, 4.69) is 10.0 Å². The molecule has 0 amide bonds. The van der Waals surface area contributed by atoms with Gasteiger partial charge in [0.25, 0.3) is 0 Å². The fourth-order valence-corrected chi connectivity index (χ4v) is 1.84. The smallest absolute Gasteiger partial charge is 0.208 e. The van der Waals surface area contributed by atoms with Gasteiger partial charge in [-0.1, -0.05) is 0 Å². The number of ether oxygens (including phenoxy) is 1. The Morgan fingerprint density at radius 3 is 2.67 bits per heavy atom. The Balaban J connectivity index is 2.50. The minimum atomic E-state index is -3.14. The Bertz CT molecular complexity index is 488. The van der Waals surface area contributed by atoms with Crippen LogP contribution in [0.15, 0.2) is 18.2 Å². The molecule has 1 aromatic rings. The summed E-state index contributed by atoms with van der Waals surface area (Å²) in [5, 5.41) is 3.08. The lowest BCUT2D eigenvalue weighted by atomic mass is 10.2. The number of benzene rings is 1. The third kappa shape index (κ3) is 5.24. The summed E-state index contributed by atoms with van der Waals surface area (Å²) in [6, 6.07) is 5.36. The molecule has 0 aliphatic carbocycles. The summed E-state index contributed by atoms with van der Waals surface area (Å²) in [6.45, 7) is 3.24. The first-order valence-electron chi connectivity index (χ1n) is 5.63. The van der Waals surface area contributed by atoms with Gasteiger partial charge in [-0.05, 0) is 19.1 Å². The zero-order valence-corrected chi connectivity index (χ0v) is 11.4. The van der Waals surface area contributed by atoms with Crippen LogP contribution < -0.4 is 20.5 Å². The van der Waals surface area contributed by atoms with Crippen molar-refractivity contribution in [1.29, 1.82) is 0 Å². The van der Waals surface area contributed by atoms with E-state index < -0.39 is 10.0 Å². The third-order valence-corrected chi connectivity index (χ3v) is 2.86. The summed E-state index contributed by atoms with van der Waals surface area (Å²) >= 11 is 0. The van der Waals surface area contributed by atoms with Crippen molar-refractivity contribution in [1.82, 2.24) is 4.72 Å². The molecule has 0 fully saturated rings. The molecule has 7 heteroatoms. The summed E-state index contributed by atoms with van der Waals surface area (Å²) in [6.07, 6.45) is 1.13. The minimum Gasteiger partial charge on any atom is -0.492 e. The van der Waals surface area contributed by atoms with Gasteiger partial charge in [0.1, 0.15) is 5.75 Å². The van der Waals surface area contributed by atoms with E-state index in [1.165, 1.54) is 0 Å². The number of nitrogens with two attached hydrogens (primary N) is 1. The highest BCUT2D eigenvalue weighted by atomic mass is 32.2. The lowest BCUT2D eigenvalue weighted by Crippen LogP contribution is -2.27. The van der Waals surface area contributed by atoms with E-state index in [0.717, 1.165) is 11.9 Å². The van der Waals surface area contributed by atoms with Gasteiger partial charge in [0.15, 0.2) is 0 Å². The van der Waals surface area contributed by atoms with Gasteiger partial charge in [0.2, 0.25) is 10.0 Å². The number of hydrogen-bond acceptors (Lipinski definition) is 5. The second-order valence-corrected chi connectivity index (χ2v) is 5.61. The molecule has 0 saturated carbocycles. The van der Waals surface area contributed by atoms with E-state index in [1.54, 1.807) is 12.1 Å². The maximum atomic E-state index is 10.9. The predicted molar refractivity (Wildman–Crippen MR) is 73.4 cm³/mol. The quantitative estimate of drug-likeness (QED) is 0.500. The monoisotopic (exact) mass is 273 g/mol. The van der Waals surface area contributed by atoms with Crippen LogP contribution in [0, 0.1) is 0 Å². The van der Waals surface area contributed by atoms with Crippen LogP contribution in [-0.4, -0.2) is 34.4 Å². The van der Waals surface area contributed by atoms with E-state index in [4.69, 9.17) is 10.5 Å². The van der Waals surface area contributed by atoms with E-state index in [9.17, 15) is 8.42 Å². The lowest BCUT2D eigenvalue weighted by molar-refractivity contribution is 0.342. The van der Waals surface area contributed by atoms with Crippen LogP contribution in [0.2, 0.25) is 0 Å². The van der Waals surface area contributed by atoms with Crippen LogP contribution in [0.4, 0.5) is 11.4 Å². The second kappa shape index (κ2) is 6.46. The van der Waals surface area contributed by atoms with Crippen molar-refractivity contribution >= 4 is 21.4 Å². The van der Waals surface area contributed by atoms with Gasteiger partial charge < -0.3 is 15.8 Å². The molecule has 0 aliphatic rings.